The van der Waals surface area contributed by atoms with Gasteiger partial charge in [0, 0.05) is 10.9 Å². The summed E-state index contributed by atoms with van der Waals surface area (Å²) in [6.07, 6.45) is 1.90. The molecule has 3 aromatic rings. The summed E-state index contributed by atoms with van der Waals surface area (Å²) in [6, 6.07) is 14.5. The van der Waals surface area contributed by atoms with Gasteiger partial charge in [0.1, 0.15) is 0 Å². The molecule has 0 aliphatic carbocycles. The molecule has 2 aromatic carbocycles. The van der Waals surface area contributed by atoms with Crippen LogP contribution in [0.1, 0.15) is 0 Å². The second kappa shape index (κ2) is 6.28. The highest BCUT2D eigenvalue weighted by atomic mass is 32.2. The molecule has 0 fully saturated rings. The number of amides is 1. The summed E-state index contributed by atoms with van der Waals surface area (Å²) in [4.78, 5) is 16.1. The van der Waals surface area contributed by atoms with Gasteiger partial charge in [-0.05, 0) is 23.1 Å². The summed E-state index contributed by atoms with van der Waals surface area (Å²) in [5.41, 5.74) is 1.96. The zero-order valence-electron chi connectivity index (χ0n) is 11.5. The Labute approximate surface area is 131 Å². The lowest BCUT2D eigenvalue weighted by atomic mass is 10.1. The minimum Gasteiger partial charge on any atom is -0.301 e. The van der Waals surface area contributed by atoms with E-state index in [0.717, 1.165) is 11.3 Å². The van der Waals surface area contributed by atoms with Gasteiger partial charge in [-0.3, -0.25) is 4.79 Å². The molecule has 3 rings (SSSR count). The topological polar surface area (TPSA) is 42.0 Å². The number of nitrogens with zero attached hydrogens (tertiary/aromatic N) is 1. The number of hydrogen-bond acceptors (Lipinski definition) is 4. The maximum absolute atomic E-state index is 11.6. The normalized spacial score (nSPS) is 10.7. The van der Waals surface area contributed by atoms with Crippen molar-refractivity contribution in [1.82, 2.24) is 4.98 Å². The first-order valence-corrected chi connectivity index (χ1v) is 8.77. The van der Waals surface area contributed by atoms with E-state index in [1.165, 1.54) is 33.9 Å². The van der Waals surface area contributed by atoms with Gasteiger partial charge < -0.3 is 5.32 Å². The summed E-state index contributed by atoms with van der Waals surface area (Å²) in [6.45, 7) is 0. The van der Waals surface area contributed by atoms with Gasteiger partial charge in [-0.25, -0.2) is 4.98 Å². The summed E-state index contributed by atoms with van der Waals surface area (Å²) in [5, 5.41) is 7.84. The van der Waals surface area contributed by atoms with Gasteiger partial charge in [-0.2, -0.15) is 11.8 Å². The molecule has 1 heterocycles. The minimum atomic E-state index is -0.0121. The van der Waals surface area contributed by atoms with Crippen molar-refractivity contribution in [3.05, 3.63) is 47.8 Å². The lowest BCUT2D eigenvalue weighted by Gasteiger charge is -2.01. The molecule has 21 heavy (non-hydrogen) atoms. The Bertz CT molecular complexity index is 783. The fraction of sp³-hybridized carbons (Fsp3) is 0.125. The highest BCUT2D eigenvalue weighted by Crippen LogP contribution is 2.27. The molecule has 0 unspecified atom stereocenters. The van der Waals surface area contributed by atoms with E-state index < -0.39 is 0 Å². The van der Waals surface area contributed by atoms with E-state index in [1.807, 2.05) is 23.8 Å². The van der Waals surface area contributed by atoms with Crippen LogP contribution in [0, 0.1) is 0 Å². The largest absolute Gasteiger partial charge is 0.301 e. The van der Waals surface area contributed by atoms with Crippen molar-refractivity contribution >= 4 is 44.9 Å². The van der Waals surface area contributed by atoms with E-state index in [4.69, 9.17) is 0 Å². The van der Waals surface area contributed by atoms with E-state index in [-0.39, 0.29) is 5.91 Å². The Morgan fingerprint density at radius 3 is 2.86 bits per heavy atom. The van der Waals surface area contributed by atoms with Crippen LogP contribution in [0.5, 0.6) is 0 Å². The Morgan fingerprint density at radius 1 is 1.24 bits per heavy atom. The van der Waals surface area contributed by atoms with Gasteiger partial charge in [0.05, 0.1) is 11.4 Å². The molecule has 1 aromatic heterocycles. The van der Waals surface area contributed by atoms with Crippen LogP contribution < -0.4 is 5.32 Å². The number of thioether (sulfide) groups is 1. The highest BCUT2D eigenvalue weighted by Gasteiger charge is 2.08. The van der Waals surface area contributed by atoms with Crippen LogP contribution >= 0.6 is 23.1 Å². The molecule has 1 N–H and O–H groups in total. The van der Waals surface area contributed by atoms with Crippen LogP contribution in [0.25, 0.3) is 22.0 Å². The first kappa shape index (κ1) is 14.1. The van der Waals surface area contributed by atoms with Gasteiger partial charge >= 0.3 is 0 Å². The predicted molar refractivity (Wildman–Crippen MR) is 92.1 cm³/mol. The second-order valence-electron chi connectivity index (χ2n) is 4.58. The van der Waals surface area contributed by atoms with Crippen LogP contribution in [0.4, 0.5) is 5.13 Å². The summed E-state index contributed by atoms with van der Waals surface area (Å²) in [7, 11) is 0. The zero-order valence-corrected chi connectivity index (χ0v) is 13.1. The molecule has 0 radical (unpaired) electrons. The Balaban J connectivity index is 1.85. The van der Waals surface area contributed by atoms with Crippen molar-refractivity contribution in [3.8, 4) is 11.3 Å². The lowest BCUT2D eigenvalue weighted by molar-refractivity contribution is -0.113. The predicted octanol–water partition coefficient (Wildman–Crippen LogP) is 4.26. The molecule has 1 amide bonds. The first-order valence-electron chi connectivity index (χ1n) is 6.50. The van der Waals surface area contributed by atoms with Crippen LogP contribution in [-0.2, 0) is 4.79 Å². The van der Waals surface area contributed by atoms with E-state index in [2.05, 4.69) is 40.6 Å². The molecule has 0 saturated heterocycles. The first-order chi connectivity index (χ1) is 10.3. The van der Waals surface area contributed by atoms with Crippen molar-refractivity contribution < 1.29 is 4.79 Å². The van der Waals surface area contributed by atoms with Gasteiger partial charge in [0.25, 0.3) is 0 Å². The second-order valence-corrected chi connectivity index (χ2v) is 6.31. The number of nitrogens with one attached hydrogen (secondary N) is 1. The molecule has 0 atom stereocenters. The van der Waals surface area contributed by atoms with Crippen molar-refractivity contribution in [2.45, 2.75) is 0 Å². The number of carbonyl (C=O) groups excluding carboxylic acids is 1. The quantitative estimate of drug-likeness (QED) is 0.782. The lowest BCUT2D eigenvalue weighted by Crippen LogP contribution is -2.13. The van der Waals surface area contributed by atoms with E-state index in [9.17, 15) is 4.79 Å². The molecule has 106 valence electrons. The molecule has 5 heteroatoms. The van der Waals surface area contributed by atoms with Crippen LogP contribution in [0.3, 0.4) is 0 Å². The molecule has 0 aliphatic heterocycles. The van der Waals surface area contributed by atoms with Crippen LogP contribution in [0.2, 0.25) is 0 Å². The highest BCUT2D eigenvalue weighted by molar-refractivity contribution is 7.99. The zero-order chi connectivity index (χ0) is 14.7. The maximum atomic E-state index is 11.6. The summed E-state index contributed by atoms with van der Waals surface area (Å²) in [5.74, 6) is 0.437. The third-order valence-electron chi connectivity index (χ3n) is 3.07. The maximum Gasteiger partial charge on any atom is 0.236 e. The number of anilines is 1. The number of carbonyl (C=O) groups is 1. The number of benzene rings is 2. The molecule has 0 bridgehead atoms. The number of hydrogen-bond donors (Lipinski definition) is 1. The van der Waals surface area contributed by atoms with Crippen molar-refractivity contribution in [2.75, 3.05) is 17.3 Å². The molecular formula is C16H14N2OS2. The number of aromatic nitrogens is 1. The van der Waals surface area contributed by atoms with E-state index in [1.54, 1.807) is 0 Å². The molecule has 0 aliphatic rings. The Morgan fingerprint density at radius 2 is 2.05 bits per heavy atom. The van der Waals surface area contributed by atoms with Crippen molar-refractivity contribution in [2.24, 2.45) is 0 Å². The fourth-order valence-electron chi connectivity index (χ4n) is 2.10. The van der Waals surface area contributed by atoms with Gasteiger partial charge in [-0.15, -0.1) is 11.3 Å². The van der Waals surface area contributed by atoms with Gasteiger partial charge in [-0.1, -0.05) is 36.4 Å². The monoisotopic (exact) mass is 314 g/mol. The van der Waals surface area contributed by atoms with Gasteiger partial charge in [0.15, 0.2) is 5.13 Å². The third-order valence-corrected chi connectivity index (χ3v) is 4.38. The fourth-order valence-corrected chi connectivity index (χ4v) is 3.17. The Hall–Kier alpha value is -1.85. The van der Waals surface area contributed by atoms with E-state index >= 15 is 0 Å². The van der Waals surface area contributed by atoms with E-state index in [0.29, 0.717) is 10.9 Å². The average molecular weight is 314 g/mol. The SMILES string of the molecule is CSCC(=O)Nc1nc(-c2ccc3ccccc3c2)cs1. The van der Waals surface area contributed by atoms with Crippen molar-refractivity contribution in [3.63, 3.8) is 0 Å². The summed E-state index contributed by atoms with van der Waals surface area (Å²) >= 11 is 2.95. The Kier molecular flexibility index (Phi) is 4.22. The van der Waals surface area contributed by atoms with Crippen LogP contribution in [-0.4, -0.2) is 22.9 Å². The number of rotatable bonds is 4. The number of thiazole rings is 1. The minimum absolute atomic E-state index is 0.0121. The van der Waals surface area contributed by atoms with Gasteiger partial charge in [0.2, 0.25) is 5.91 Å². The van der Waals surface area contributed by atoms with Crippen molar-refractivity contribution in [1.29, 1.82) is 0 Å². The molecule has 0 spiro atoms. The smallest absolute Gasteiger partial charge is 0.236 e. The third kappa shape index (κ3) is 3.25. The molecule has 0 saturated carbocycles. The van der Waals surface area contributed by atoms with Crippen LogP contribution in [0.15, 0.2) is 47.8 Å². The standard InChI is InChI=1S/C16H14N2OS2/c1-20-10-15(19)18-16-17-14(9-21-16)13-7-6-11-4-2-3-5-12(11)8-13/h2-9H,10H2,1H3,(H,17,18,19). The molecule has 3 nitrogen and oxygen atoms in total. The average Bonchev–Trinajstić information content (AvgIpc) is 2.95. The number of fused-ring (bicyclic) bond motifs is 1. The summed E-state index contributed by atoms with van der Waals surface area (Å²) < 4.78 is 0. The molecular weight excluding hydrogens is 300 g/mol.